The van der Waals surface area contributed by atoms with E-state index in [0.29, 0.717) is 19.6 Å². The fourth-order valence-electron chi connectivity index (χ4n) is 3.79. The van der Waals surface area contributed by atoms with E-state index in [-0.39, 0.29) is 17.6 Å². The molecule has 2 fully saturated rings. The lowest BCUT2D eigenvalue weighted by atomic mass is 9.88. The molecule has 2 saturated heterocycles. The quantitative estimate of drug-likeness (QED) is 0.824. The number of piperidine rings is 1. The summed E-state index contributed by atoms with van der Waals surface area (Å²) >= 11 is 0. The van der Waals surface area contributed by atoms with Crippen molar-refractivity contribution < 1.29 is 18.7 Å². The number of amides is 1. The molecule has 1 atom stereocenters. The number of nitrogens with zero attached hydrogens (tertiary/aromatic N) is 2. The van der Waals surface area contributed by atoms with Crippen LogP contribution < -0.4 is 0 Å². The molecule has 1 amide bonds. The first kappa shape index (κ1) is 17.2. The maximum Gasteiger partial charge on any atom is 0.230 e. The third kappa shape index (κ3) is 3.97. The van der Waals surface area contributed by atoms with Gasteiger partial charge in [-0.15, -0.1) is 0 Å². The molecule has 0 bridgehead atoms. The van der Waals surface area contributed by atoms with Gasteiger partial charge in [-0.05, 0) is 36.6 Å². The highest BCUT2D eigenvalue weighted by molar-refractivity contribution is 5.78. The van der Waals surface area contributed by atoms with E-state index in [0.717, 1.165) is 43.7 Å². The molecule has 4 heterocycles. The van der Waals surface area contributed by atoms with E-state index in [4.69, 9.17) is 13.9 Å². The van der Waals surface area contributed by atoms with Crippen molar-refractivity contribution in [3.8, 4) is 0 Å². The van der Waals surface area contributed by atoms with Crippen molar-refractivity contribution >= 4 is 5.91 Å². The Labute approximate surface area is 153 Å². The van der Waals surface area contributed by atoms with Crippen LogP contribution in [0.3, 0.4) is 0 Å². The van der Waals surface area contributed by atoms with Crippen LogP contribution >= 0.6 is 0 Å². The maximum absolute atomic E-state index is 12.4. The molecule has 4 rings (SSSR count). The van der Waals surface area contributed by atoms with Crippen LogP contribution in [0.5, 0.6) is 0 Å². The fourth-order valence-corrected chi connectivity index (χ4v) is 3.79. The first-order valence-electron chi connectivity index (χ1n) is 9.17. The largest absolute Gasteiger partial charge is 0.469 e. The number of pyridine rings is 1. The summed E-state index contributed by atoms with van der Waals surface area (Å²) in [4.78, 5) is 18.4. The van der Waals surface area contributed by atoms with Crippen LogP contribution in [0.4, 0.5) is 0 Å². The molecule has 2 aliphatic heterocycles. The van der Waals surface area contributed by atoms with Crippen LogP contribution in [-0.2, 0) is 27.3 Å². The normalized spacial score (nSPS) is 22.0. The zero-order valence-electron chi connectivity index (χ0n) is 14.8. The molecular formula is C20H24N2O4. The Bertz CT molecular complexity index is 709. The van der Waals surface area contributed by atoms with Gasteiger partial charge < -0.3 is 18.8 Å². The van der Waals surface area contributed by atoms with Gasteiger partial charge in [0.2, 0.25) is 5.91 Å². The predicted molar refractivity (Wildman–Crippen MR) is 94.3 cm³/mol. The second-order valence-corrected chi connectivity index (χ2v) is 7.13. The van der Waals surface area contributed by atoms with Crippen LogP contribution in [0.2, 0.25) is 0 Å². The van der Waals surface area contributed by atoms with Gasteiger partial charge in [0.25, 0.3) is 0 Å². The Balaban J connectivity index is 1.24. The average Bonchev–Trinajstić information content (AvgIpc) is 3.32. The smallest absolute Gasteiger partial charge is 0.230 e. The second kappa shape index (κ2) is 7.60. The van der Waals surface area contributed by atoms with Crippen molar-refractivity contribution in [1.29, 1.82) is 0 Å². The minimum absolute atomic E-state index is 0.112. The lowest BCUT2D eigenvalue weighted by molar-refractivity contribution is -0.135. The third-order valence-electron chi connectivity index (χ3n) is 5.32. The summed E-state index contributed by atoms with van der Waals surface area (Å²) in [6, 6.07) is 7.59. The van der Waals surface area contributed by atoms with E-state index >= 15 is 0 Å². The Hall–Kier alpha value is -2.18. The Kier molecular flexibility index (Phi) is 5.04. The van der Waals surface area contributed by atoms with Crippen LogP contribution in [0.1, 0.15) is 30.6 Å². The number of hydrogen-bond acceptors (Lipinski definition) is 5. The minimum atomic E-state index is -0.138. The number of likely N-dealkylation sites (tertiary alicyclic amines) is 1. The molecule has 0 aliphatic carbocycles. The minimum Gasteiger partial charge on any atom is -0.469 e. The lowest BCUT2D eigenvalue weighted by Gasteiger charge is -2.38. The Morgan fingerprint density at radius 2 is 2.19 bits per heavy atom. The van der Waals surface area contributed by atoms with Crippen molar-refractivity contribution in [2.24, 2.45) is 0 Å². The second-order valence-electron chi connectivity index (χ2n) is 7.13. The zero-order chi connectivity index (χ0) is 17.8. The van der Waals surface area contributed by atoms with Gasteiger partial charge in [0.1, 0.15) is 5.76 Å². The molecule has 0 radical (unpaired) electrons. The first-order valence-corrected chi connectivity index (χ1v) is 9.17. The first-order chi connectivity index (χ1) is 12.7. The van der Waals surface area contributed by atoms with Gasteiger partial charge in [-0.25, -0.2) is 0 Å². The Morgan fingerprint density at radius 3 is 2.92 bits per heavy atom. The summed E-state index contributed by atoms with van der Waals surface area (Å²) in [7, 11) is 0. The molecular weight excluding hydrogens is 332 g/mol. The zero-order valence-corrected chi connectivity index (χ0v) is 14.8. The maximum atomic E-state index is 12.4. The molecule has 6 nitrogen and oxygen atoms in total. The highest BCUT2D eigenvalue weighted by Gasteiger charge is 2.43. The van der Waals surface area contributed by atoms with Crippen LogP contribution in [-0.4, -0.2) is 47.2 Å². The summed E-state index contributed by atoms with van der Waals surface area (Å²) in [5, 5.41) is 0. The number of aromatic nitrogens is 1. The highest BCUT2D eigenvalue weighted by atomic mass is 16.6. The molecule has 0 unspecified atom stereocenters. The van der Waals surface area contributed by atoms with Crippen molar-refractivity contribution in [2.45, 2.75) is 44.0 Å². The number of carbonyl (C=O) groups is 1. The monoisotopic (exact) mass is 356 g/mol. The average molecular weight is 356 g/mol. The topological polar surface area (TPSA) is 64.8 Å². The van der Waals surface area contributed by atoms with E-state index in [1.807, 2.05) is 35.4 Å². The summed E-state index contributed by atoms with van der Waals surface area (Å²) in [5.41, 5.74) is 0.938. The SMILES string of the molecule is O=C(Cc1ccco1)N1CCC2(CC1)C[C@H](OCc1cccnc1)CO2. The molecule has 2 aromatic heterocycles. The number of hydrogen-bond donors (Lipinski definition) is 0. The van der Waals surface area contributed by atoms with E-state index in [9.17, 15) is 4.79 Å². The van der Waals surface area contributed by atoms with Crippen molar-refractivity contribution in [1.82, 2.24) is 9.88 Å². The standard InChI is InChI=1S/C20H24N2O4/c23-19(11-17-4-2-10-24-17)22-8-5-20(6-9-22)12-18(15-26-20)25-14-16-3-1-7-21-13-16/h1-4,7,10,13,18H,5-6,8-9,11-12,14-15H2/t18-/m0/s1. The summed E-state index contributed by atoms with van der Waals surface area (Å²) in [6.07, 6.45) is 8.26. The van der Waals surface area contributed by atoms with Gasteiger partial charge in [0.15, 0.2) is 0 Å². The number of rotatable bonds is 5. The molecule has 1 spiro atoms. The van der Waals surface area contributed by atoms with Crippen LogP contribution in [0, 0.1) is 0 Å². The highest BCUT2D eigenvalue weighted by Crippen LogP contribution is 2.37. The summed E-state index contributed by atoms with van der Waals surface area (Å²) in [6.45, 7) is 2.65. The predicted octanol–water partition coefficient (Wildman–Crippen LogP) is 2.58. The molecule has 0 saturated carbocycles. The molecule has 2 aliphatic rings. The number of ether oxygens (including phenoxy) is 2. The van der Waals surface area contributed by atoms with Gasteiger partial charge in [-0.3, -0.25) is 9.78 Å². The van der Waals surface area contributed by atoms with Crippen molar-refractivity contribution in [2.75, 3.05) is 19.7 Å². The van der Waals surface area contributed by atoms with Crippen molar-refractivity contribution in [3.63, 3.8) is 0 Å². The molecule has 26 heavy (non-hydrogen) atoms. The van der Waals surface area contributed by atoms with Gasteiger partial charge in [-0.1, -0.05) is 6.07 Å². The van der Waals surface area contributed by atoms with E-state index < -0.39 is 0 Å². The summed E-state index contributed by atoms with van der Waals surface area (Å²) < 4.78 is 17.4. The van der Waals surface area contributed by atoms with Crippen LogP contribution in [0.15, 0.2) is 47.3 Å². The third-order valence-corrected chi connectivity index (χ3v) is 5.32. The molecule has 138 valence electrons. The van der Waals surface area contributed by atoms with E-state index in [1.165, 1.54) is 0 Å². The lowest BCUT2D eigenvalue weighted by Crippen LogP contribution is -2.47. The molecule has 0 aromatic carbocycles. The molecule has 0 N–H and O–H groups in total. The number of furan rings is 1. The Morgan fingerprint density at radius 1 is 1.31 bits per heavy atom. The fraction of sp³-hybridized carbons (Fsp3) is 0.500. The van der Waals surface area contributed by atoms with Gasteiger partial charge in [-0.2, -0.15) is 0 Å². The van der Waals surface area contributed by atoms with Crippen LogP contribution in [0.25, 0.3) is 0 Å². The molecule has 6 heteroatoms. The van der Waals surface area contributed by atoms with Crippen molar-refractivity contribution in [3.05, 3.63) is 54.2 Å². The summed E-state index contributed by atoms with van der Waals surface area (Å²) in [5.74, 6) is 0.841. The van der Waals surface area contributed by atoms with Gasteiger partial charge >= 0.3 is 0 Å². The van der Waals surface area contributed by atoms with Gasteiger partial charge in [0, 0.05) is 31.9 Å². The van der Waals surface area contributed by atoms with E-state index in [1.54, 1.807) is 12.5 Å². The van der Waals surface area contributed by atoms with Gasteiger partial charge in [0.05, 0.1) is 37.6 Å². The molecule has 2 aromatic rings. The number of carbonyl (C=O) groups excluding carboxylic acids is 1. The van der Waals surface area contributed by atoms with E-state index in [2.05, 4.69) is 4.98 Å².